The molecule has 2 atom stereocenters. The topological polar surface area (TPSA) is 24.7 Å². The molecule has 0 saturated carbocycles. The van der Waals surface area contributed by atoms with Crippen LogP contribution in [-0.2, 0) is 6.54 Å². The molecule has 2 rings (SSSR count). The molecule has 0 amide bonds. The molecular formula is C13H15FNO+. The fraction of sp³-hybridized carbons (Fsp3) is 0.231. The summed E-state index contributed by atoms with van der Waals surface area (Å²) in [7, 11) is 0. The first-order valence-electron chi connectivity index (χ1n) is 5.34. The Balaban J connectivity index is 2.12. The van der Waals surface area contributed by atoms with Gasteiger partial charge >= 0.3 is 0 Å². The van der Waals surface area contributed by atoms with Gasteiger partial charge in [-0.3, -0.25) is 0 Å². The SMILES string of the molecule is CC(O)C1=C(F)[NH+](Cc2ccccc2)C=C1. The average molecular weight is 220 g/mol. The molecule has 0 aromatic heterocycles. The molecule has 1 aliphatic rings. The van der Waals surface area contributed by atoms with Crippen molar-refractivity contribution >= 4 is 0 Å². The monoisotopic (exact) mass is 220 g/mol. The van der Waals surface area contributed by atoms with Gasteiger partial charge in [0.05, 0.1) is 11.7 Å². The second kappa shape index (κ2) is 4.60. The van der Waals surface area contributed by atoms with Crippen LogP contribution in [0, 0.1) is 0 Å². The van der Waals surface area contributed by atoms with E-state index in [2.05, 4.69) is 0 Å². The van der Waals surface area contributed by atoms with Gasteiger partial charge in [-0.25, -0.2) is 4.90 Å². The van der Waals surface area contributed by atoms with Crippen LogP contribution in [-0.4, -0.2) is 11.2 Å². The van der Waals surface area contributed by atoms with Gasteiger partial charge in [0, 0.05) is 11.6 Å². The van der Waals surface area contributed by atoms with E-state index in [0.717, 1.165) is 5.56 Å². The zero-order valence-electron chi connectivity index (χ0n) is 9.15. The molecule has 2 nitrogen and oxygen atoms in total. The minimum atomic E-state index is -0.746. The van der Waals surface area contributed by atoms with Crippen LogP contribution < -0.4 is 4.90 Å². The summed E-state index contributed by atoms with van der Waals surface area (Å²) in [5.74, 6) is -0.279. The van der Waals surface area contributed by atoms with Gasteiger partial charge in [0.2, 0.25) is 0 Å². The highest BCUT2D eigenvalue weighted by Crippen LogP contribution is 2.12. The van der Waals surface area contributed by atoms with Gasteiger partial charge in [0.15, 0.2) is 0 Å². The van der Waals surface area contributed by atoms with Crippen LogP contribution in [0.1, 0.15) is 12.5 Å². The number of rotatable bonds is 3. The third kappa shape index (κ3) is 2.21. The van der Waals surface area contributed by atoms with E-state index in [4.69, 9.17) is 0 Å². The largest absolute Gasteiger partial charge is 0.388 e. The number of aliphatic hydroxyl groups excluding tert-OH is 1. The first kappa shape index (κ1) is 11.0. The normalized spacial score (nSPS) is 21.6. The molecule has 1 aromatic carbocycles. The van der Waals surface area contributed by atoms with Crippen molar-refractivity contribution in [2.75, 3.05) is 0 Å². The van der Waals surface area contributed by atoms with Crippen molar-refractivity contribution in [3.63, 3.8) is 0 Å². The minimum absolute atomic E-state index is 0.279. The predicted molar refractivity (Wildman–Crippen MR) is 60.1 cm³/mol. The number of halogens is 1. The molecule has 2 unspecified atom stereocenters. The zero-order chi connectivity index (χ0) is 11.5. The minimum Gasteiger partial charge on any atom is -0.388 e. The number of benzene rings is 1. The maximum atomic E-state index is 13.8. The molecule has 1 aromatic rings. The second-order valence-corrected chi connectivity index (χ2v) is 3.97. The van der Waals surface area contributed by atoms with E-state index in [1.54, 1.807) is 19.2 Å². The van der Waals surface area contributed by atoms with Gasteiger partial charge in [0.1, 0.15) is 12.7 Å². The van der Waals surface area contributed by atoms with Gasteiger partial charge in [-0.2, -0.15) is 0 Å². The molecule has 1 aliphatic heterocycles. The second-order valence-electron chi connectivity index (χ2n) is 3.97. The number of hydrogen-bond acceptors (Lipinski definition) is 1. The Morgan fingerprint density at radius 2 is 2.00 bits per heavy atom. The molecule has 3 heteroatoms. The molecule has 0 aliphatic carbocycles. The average Bonchev–Trinajstić information content (AvgIpc) is 2.62. The van der Waals surface area contributed by atoms with Crippen molar-refractivity contribution in [1.82, 2.24) is 0 Å². The fourth-order valence-corrected chi connectivity index (χ4v) is 1.80. The van der Waals surface area contributed by atoms with Gasteiger partial charge in [-0.15, -0.1) is 4.39 Å². The molecule has 0 saturated heterocycles. The highest BCUT2D eigenvalue weighted by Gasteiger charge is 2.25. The highest BCUT2D eigenvalue weighted by molar-refractivity contribution is 5.25. The summed E-state index contributed by atoms with van der Waals surface area (Å²) in [4.78, 5) is 0.641. The van der Waals surface area contributed by atoms with Crippen LogP contribution >= 0.6 is 0 Å². The molecule has 1 heterocycles. The zero-order valence-corrected chi connectivity index (χ0v) is 9.15. The Morgan fingerprint density at radius 3 is 2.56 bits per heavy atom. The van der Waals surface area contributed by atoms with Crippen LogP contribution in [0.4, 0.5) is 4.39 Å². The molecule has 16 heavy (non-hydrogen) atoms. The van der Waals surface area contributed by atoms with Crippen molar-refractivity contribution in [2.24, 2.45) is 0 Å². The maximum absolute atomic E-state index is 13.8. The van der Waals surface area contributed by atoms with Crippen molar-refractivity contribution in [3.05, 3.63) is 59.7 Å². The van der Waals surface area contributed by atoms with Gasteiger partial charge in [-0.1, -0.05) is 30.3 Å². The predicted octanol–water partition coefficient (Wildman–Crippen LogP) is 1.16. The Hall–Kier alpha value is -1.45. The molecule has 0 fully saturated rings. The molecule has 84 valence electrons. The van der Waals surface area contributed by atoms with Gasteiger partial charge in [-0.05, 0) is 6.92 Å². The molecule has 2 N–H and O–H groups in total. The quantitative estimate of drug-likeness (QED) is 0.734. The lowest BCUT2D eigenvalue weighted by Gasteiger charge is -2.09. The first-order valence-corrected chi connectivity index (χ1v) is 5.34. The van der Waals surface area contributed by atoms with Gasteiger partial charge < -0.3 is 5.11 Å². The Bertz CT molecular complexity index is 423. The molecule has 0 bridgehead atoms. The highest BCUT2D eigenvalue weighted by atomic mass is 19.1. The Morgan fingerprint density at radius 1 is 1.31 bits per heavy atom. The third-order valence-corrected chi connectivity index (χ3v) is 2.69. The lowest BCUT2D eigenvalue weighted by Crippen LogP contribution is -3.02. The summed E-state index contributed by atoms with van der Waals surface area (Å²) >= 11 is 0. The summed E-state index contributed by atoms with van der Waals surface area (Å²) in [6.07, 6.45) is 2.65. The van der Waals surface area contributed by atoms with E-state index in [1.165, 1.54) is 0 Å². The molecule has 0 radical (unpaired) electrons. The standard InChI is InChI=1S/C13H14FNO/c1-10(16)12-7-8-15(13(12)14)9-11-5-3-2-4-6-11/h2-8,10,16H,9H2,1H3/p+1. The first-order chi connectivity index (χ1) is 7.68. The third-order valence-electron chi connectivity index (χ3n) is 2.69. The van der Waals surface area contributed by atoms with Crippen molar-refractivity contribution < 1.29 is 14.4 Å². The summed E-state index contributed by atoms with van der Waals surface area (Å²) in [6, 6.07) is 9.74. The lowest BCUT2D eigenvalue weighted by atomic mass is 10.2. The maximum Gasteiger partial charge on any atom is 0.295 e. The Kier molecular flexibility index (Phi) is 3.17. The van der Waals surface area contributed by atoms with E-state index in [1.807, 2.05) is 30.3 Å². The van der Waals surface area contributed by atoms with Crippen molar-refractivity contribution in [1.29, 1.82) is 0 Å². The van der Waals surface area contributed by atoms with Crippen molar-refractivity contribution in [3.8, 4) is 0 Å². The number of nitrogens with one attached hydrogen (secondary N) is 1. The van der Waals surface area contributed by atoms with Crippen LogP contribution in [0.25, 0.3) is 0 Å². The van der Waals surface area contributed by atoms with E-state index >= 15 is 0 Å². The smallest absolute Gasteiger partial charge is 0.295 e. The summed E-state index contributed by atoms with van der Waals surface area (Å²) in [5.41, 5.74) is 1.45. The summed E-state index contributed by atoms with van der Waals surface area (Å²) in [6.45, 7) is 2.14. The summed E-state index contributed by atoms with van der Waals surface area (Å²) < 4.78 is 13.8. The fourth-order valence-electron chi connectivity index (χ4n) is 1.80. The van der Waals surface area contributed by atoms with Crippen molar-refractivity contribution in [2.45, 2.75) is 19.6 Å². The van der Waals surface area contributed by atoms with E-state index in [0.29, 0.717) is 17.0 Å². The van der Waals surface area contributed by atoms with E-state index in [-0.39, 0.29) is 5.95 Å². The van der Waals surface area contributed by atoms with E-state index in [9.17, 15) is 9.50 Å². The molecule has 0 spiro atoms. The van der Waals surface area contributed by atoms with Crippen LogP contribution in [0.5, 0.6) is 0 Å². The van der Waals surface area contributed by atoms with Gasteiger partial charge in [0.25, 0.3) is 5.95 Å². The lowest BCUT2D eigenvalue weighted by molar-refractivity contribution is -0.829. The summed E-state index contributed by atoms with van der Waals surface area (Å²) in [5, 5.41) is 9.34. The van der Waals surface area contributed by atoms with E-state index < -0.39 is 6.10 Å². The molecular weight excluding hydrogens is 205 g/mol. The Labute approximate surface area is 94.3 Å². The number of quaternary nitrogens is 1. The van der Waals surface area contributed by atoms with Crippen LogP contribution in [0.3, 0.4) is 0 Å². The van der Waals surface area contributed by atoms with Crippen LogP contribution in [0.15, 0.2) is 54.1 Å². The number of hydrogen-bond donors (Lipinski definition) is 2. The van der Waals surface area contributed by atoms with Crippen LogP contribution in [0.2, 0.25) is 0 Å². The number of aliphatic hydroxyl groups is 1.